The van der Waals surface area contributed by atoms with E-state index in [0.29, 0.717) is 6.54 Å². The van der Waals surface area contributed by atoms with Crippen molar-refractivity contribution >= 4 is 22.0 Å². The van der Waals surface area contributed by atoms with Gasteiger partial charge in [0.15, 0.2) is 0 Å². The van der Waals surface area contributed by atoms with Crippen molar-refractivity contribution < 1.29 is 9.53 Å². The van der Waals surface area contributed by atoms with Crippen LogP contribution in [0.1, 0.15) is 51.2 Å². The summed E-state index contributed by atoms with van der Waals surface area (Å²) in [5.41, 5.74) is 1.81. The topological polar surface area (TPSA) is 29.5 Å². The lowest BCUT2D eigenvalue weighted by Gasteiger charge is -2.33. The molecule has 0 radical (unpaired) electrons. The summed E-state index contributed by atoms with van der Waals surface area (Å²) in [5.74, 6) is 0. The van der Waals surface area contributed by atoms with Crippen LogP contribution in [-0.2, 0) is 11.3 Å². The van der Waals surface area contributed by atoms with Gasteiger partial charge in [0.25, 0.3) is 0 Å². The summed E-state index contributed by atoms with van der Waals surface area (Å²) in [7, 11) is 0. The van der Waals surface area contributed by atoms with Crippen LogP contribution in [-0.4, -0.2) is 22.6 Å². The second-order valence-corrected chi connectivity index (χ2v) is 7.98. The molecule has 1 aliphatic rings. The van der Waals surface area contributed by atoms with Crippen molar-refractivity contribution in [2.45, 2.75) is 65.1 Å². The Morgan fingerprint density at radius 1 is 1.39 bits per heavy atom. The lowest BCUT2D eigenvalue weighted by Crippen LogP contribution is -2.42. The summed E-state index contributed by atoms with van der Waals surface area (Å²) in [5, 5.41) is 0. The minimum Gasteiger partial charge on any atom is -0.444 e. The Kier molecular flexibility index (Phi) is 5.90. The van der Waals surface area contributed by atoms with Gasteiger partial charge < -0.3 is 4.74 Å². The van der Waals surface area contributed by atoms with E-state index < -0.39 is 5.60 Å². The molecule has 0 spiro atoms. The molecule has 0 saturated heterocycles. The van der Waals surface area contributed by atoms with Gasteiger partial charge in [-0.05, 0) is 64.2 Å². The Bertz CT molecular complexity index is 590. The van der Waals surface area contributed by atoms with Crippen LogP contribution >= 0.6 is 15.9 Å². The van der Waals surface area contributed by atoms with Crippen LogP contribution in [0.4, 0.5) is 4.79 Å². The molecule has 0 fully saturated rings. The standard InChI is InChI=1S/C19H26BrNO2/c1-14-10-11-15(17(20)12-14)13-21(16-8-6-5-7-9-16)18(22)23-19(2,3)4/h6,8,10-12,16H,5,7,9,13H2,1-4H3. The second kappa shape index (κ2) is 7.52. The summed E-state index contributed by atoms with van der Waals surface area (Å²) >= 11 is 3.61. The highest BCUT2D eigenvalue weighted by Gasteiger charge is 2.28. The zero-order valence-corrected chi connectivity index (χ0v) is 16.0. The number of rotatable bonds is 3. The molecule has 1 atom stereocenters. The van der Waals surface area contributed by atoms with Gasteiger partial charge in [-0.3, -0.25) is 4.90 Å². The van der Waals surface area contributed by atoms with Crippen LogP contribution in [0.15, 0.2) is 34.8 Å². The SMILES string of the molecule is Cc1ccc(CN(C(=O)OC(C)(C)C)C2C=CCCC2)c(Br)c1. The van der Waals surface area contributed by atoms with Crippen molar-refractivity contribution in [1.82, 2.24) is 4.90 Å². The molecular formula is C19H26BrNO2. The number of amides is 1. The van der Waals surface area contributed by atoms with Gasteiger partial charge in [-0.15, -0.1) is 0 Å². The normalized spacial score (nSPS) is 17.9. The lowest BCUT2D eigenvalue weighted by atomic mass is 10.0. The van der Waals surface area contributed by atoms with E-state index in [2.05, 4.69) is 53.2 Å². The minimum absolute atomic E-state index is 0.104. The maximum absolute atomic E-state index is 12.7. The Morgan fingerprint density at radius 2 is 2.13 bits per heavy atom. The van der Waals surface area contributed by atoms with E-state index in [-0.39, 0.29) is 12.1 Å². The molecule has 0 bridgehead atoms. The molecule has 0 aromatic heterocycles. The number of benzene rings is 1. The smallest absolute Gasteiger partial charge is 0.411 e. The number of hydrogen-bond acceptors (Lipinski definition) is 2. The lowest BCUT2D eigenvalue weighted by molar-refractivity contribution is 0.0168. The highest BCUT2D eigenvalue weighted by atomic mass is 79.9. The molecule has 3 nitrogen and oxygen atoms in total. The summed E-state index contributed by atoms with van der Waals surface area (Å²) in [6, 6.07) is 6.33. The Morgan fingerprint density at radius 3 is 2.70 bits per heavy atom. The Balaban J connectivity index is 2.23. The quantitative estimate of drug-likeness (QED) is 0.639. The zero-order valence-electron chi connectivity index (χ0n) is 14.4. The van der Waals surface area contributed by atoms with Crippen molar-refractivity contribution in [3.8, 4) is 0 Å². The average molecular weight is 380 g/mol. The molecule has 0 saturated carbocycles. The Hall–Kier alpha value is -1.29. The molecule has 0 aliphatic heterocycles. The van der Waals surface area contributed by atoms with Gasteiger partial charge in [0.1, 0.15) is 5.60 Å². The molecule has 1 unspecified atom stereocenters. The fourth-order valence-corrected chi connectivity index (χ4v) is 3.27. The molecular weight excluding hydrogens is 354 g/mol. The first-order valence-electron chi connectivity index (χ1n) is 8.17. The van der Waals surface area contributed by atoms with Crippen molar-refractivity contribution in [3.05, 3.63) is 46.0 Å². The van der Waals surface area contributed by atoms with Gasteiger partial charge in [-0.1, -0.05) is 40.2 Å². The van der Waals surface area contributed by atoms with E-state index in [1.54, 1.807) is 0 Å². The van der Waals surface area contributed by atoms with Crippen molar-refractivity contribution in [2.24, 2.45) is 0 Å². The van der Waals surface area contributed by atoms with E-state index in [1.165, 1.54) is 5.56 Å². The second-order valence-electron chi connectivity index (χ2n) is 7.13. The third kappa shape index (κ3) is 5.38. The van der Waals surface area contributed by atoms with Gasteiger partial charge in [0.2, 0.25) is 0 Å². The molecule has 2 rings (SSSR count). The van der Waals surface area contributed by atoms with Crippen LogP contribution in [0.25, 0.3) is 0 Å². The highest BCUT2D eigenvalue weighted by molar-refractivity contribution is 9.10. The predicted molar refractivity (Wildman–Crippen MR) is 97.4 cm³/mol. The van der Waals surface area contributed by atoms with Crippen LogP contribution in [0, 0.1) is 6.92 Å². The van der Waals surface area contributed by atoms with E-state index >= 15 is 0 Å². The average Bonchev–Trinajstić information content (AvgIpc) is 2.45. The Labute approximate surface area is 147 Å². The van der Waals surface area contributed by atoms with Crippen molar-refractivity contribution in [3.63, 3.8) is 0 Å². The number of carbonyl (C=O) groups excluding carboxylic acids is 1. The maximum atomic E-state index is 12.7. The molecule has 4 heteroatoms. The van der Waals surface area contributed by atoms with E-state index in [0.717, 1.165) is 29.3 Å². The number of carbonyl (C=O) groups is 1. The summed E-state index contributed by atoms with van der Waals surface area (Å²) in [6.07, 6.45) is 7.23. The molecule has 1 aromatic rings. The largest absolute Gasteiger partial charge is 0.444 e. The van der Waals surface area contributed by atoms with Crippen LogP contribution < -0.4 is 0 Å². The molecule has 0 heterocycles. The van der Waals surface area contributed by atoms with Crippen LogP contribution in [0.2, 0.25) is 0 Å². The third-order valence-electron chi connectivity index (χ3n) is 3.81. The third-order valence-corrected chi connectivity index (χ3v) is 4.54. The molecule has 126 valence electrons. The van der Waals surface area contributed by atoms with Gasteiger partial charge in [-0.25, -0.2) is 4.79 Å². The number of hydrogen-bond donors (Lipinski definition) is 0. The van der Waals surface area contributed by atoms with Crippen molar-refractivity contribution in [1.29, 1.82) is 0 Å². The molecule has 0 N–H and O–H groups in total. The summed E-state index contributed by atoms with van der Waals surface area (Å²) < 4.78 is 6.66. The first-order chi connectivity index (χ1) is 10.8. The molecule has 1 aliphatic carbocycles. The minimum atomic E-state index is -0.488. The number of halogens is 1. The van der Waals surface area contributed by atoms with Gasteiger partial charge in [0, 0.05) is 4.47 Å². The summed E-state index contributed by atoms with van der Waals surface area (Å²) in [4.78, 5) is 14.5. The van der Waals surface area contributed by atoms with E-state index in [1.807, 2.05) is 25.7 Å². The molecule has 23 heavy (non-hydrogen) atoms. The van der Waals surface area contributed by atoms with Gasteiger partial charge >= 0.3 is 6.09 Å². The number of allylic oxidation sites excluding steroid dienone is 1. The predicted octanol–water partition coefficient (Wildman–Crippen LogP) is 5.60. The zero-order chi connectivity index (χ0) is 17.0. The maximum Gasteiger partial charge on any atom is 0.411 e. The number of nitrogens with zero attached hydrogens (tertiary/aromatic N) is 1. The fourth-order valence-electron chi connectivity index (χ4n) is 2.66. The van der Waals surface area contributed by atoms with Crippen LogP contribution in [0.5, 0.6) is 0 Å². The molecule has 1 amide bonds. The summed E-state index contributed by atoms with van der Waals surface area (Å²) in [6.45, 7) is 8.32. The molecule has 1 aromatic carbocycles. The fraction of sp³-hybridized carbons (Fsp3) is 0.526. The number of aryl methyl sites for hydroxylation is 1. The van der Waals surface area contributed by atoms with Crippen molar-refractivity contribution in [2.75, 3.05) is 0 Å². The highest BCUT2D eigenvalue weighted by Crippen LogP contribution is 2.25. The van der Waals surface area contributed by atoms with E-state index in [9.17, 15) is 4.79 Å². The van der Waals surface area contributed by atoms with Crippen LogP contribution in [0.3, 0.4) is 0 Å². The number of ether oxygens (including phenoxy) is 1. The van der Waals surface area contributed by atoms with Gasteiger partial charge in [-0.2, -0.15) is 0 Å². The first-order valence-corrected chi connectivity index (χ1v) is 8.97. The monoisotopic (exact) mass is 379 g/mol. The first kappa shape index (κ1) is 18.1. The van der Waals surface area contributed by atoms with E-state index in [4.69, 9.17) is 4.74 Å². The van der Waals surface area contributed by atoms with Gasteiger partial charge in [0.05, 0.1) is 12.6 Å².